The van der Waals surface area contributed by atoms with Crippen LogP contribution in [0.4, 0.5) is 0 Å². The lowest BCUT2D eigenvalue weighted by molar-refractivity contribution is -0.133. The van der Waals surface area contributed by atoms with Crippen LogP contribution < -0.4 is 4.74 Å². The van der Waals surface area contributed by atoms with E-state index in [2.05, 4.69) is 4.98 Å². The topological polar surface area (TPSA) is 39.2 Å². The Kier molecular flexibility index (Phi) is 3.95. The minimum Gasteiger partial charge on any atom is -0.426 e. The molecule has 0 saturated heterocycles. The van der Waals surface area contributed by atoms with Gasteiger partial charge in [0, 0.05) is 6.20 Å². The van der Waals surface area contributed by atoms with Crippen LogP contribution in [0.3, 0.4) is 0 Å². The van der Waals surface area contributed by atoms with E-state index in [4.69, 9.17) is 16.3 Å². The number of aryl methyl sites for hydroxylation is 1. The van der Waals surface area contributed by atoms with Crippen molar-refractivity contribution in [3.63, 3.8) is 0 Å². The Balaban J connectivity index is 2.01. The van der Waals surface area contributed by atoms with Gasteiger partial charge in [0.05, 0.1) is 17.1 Å². The number of rotatable bonds is 3. The maximum atomic E-state index is 11.7. The van der Waals surface area contributed by atoms with Crippen molar-refractivity contribution >= 4 is 17.6 Å². The van der Waals surface area contributed by atoms with Crippen molar-refractivity contribution in [1.29, 1.82) is 0 Å². The third-order valence-corrected chi connectivity index (χ3v) is 2.79. The molecule has 0 aliphatic heterocycles. The number of ether oxygens (including phenoxy) is 1. The van der Waals surface area contributed by atoms with E-state index in [0.29, 0.717) is 10.8 Å². The lowest BCUT2D eigenvalue weighted by Gasteiger charge is -2.05. The SMILES string of the molecule is Cc1ncc(CC(=O)Oc2ccccc2)cc1Cl. The number of halogens is 1. The molecule has 4 heteroatoms. The van der Waals surface area contributed by atoms with Crippen LogP contribution in [0.2, 0.25) is 5.02 Å². The van der Waals surface area contributed by atoms with Crippen molar-refractivity contribution in [2.75, 3.05) is 0 Å². The van der Waals surface area contributed by atoms with Crippen LogP contribution in [0.25, 0.3) is 0 Å². The summed E-state index contributed by atoms with van der Waals surface area (Å²) in [4.78, 5) is 15.8. The number of benzene rings is 1. The Morgan fingerprint density at radius 1 is 1.33 bits per heavy atom. The molecule has 0 spiro atoms. The molecule has 92 valence electrons. The van der Waals surface area contributed by atoms with Crippen LogP contribution in [0.15, 0.2) is 42.6 Å². The number of nitrogens with zero attached hydrogens (tertiary/aromatic N) is 1. The van der Waals surface area contributed by atoms with Gasteiger partial charge in [0.15, 0.2) is 0 Å². The fourth-order valence-corrected chi connectivity index (χ4v) is 1.65. The number of pyridine rings is 1. The number of carbonyl (C=O) groups excluding carboxylic acids is 1. The molecule has 2 aromatic rings. The average molecular weight is 262 g/mol. The van der Waals surface area contributed by atoms with Crippen LogP contribution in [-0.2, 0) is 11.2 Å². The summed E-state index contributed by atoms with van der Waals surface area (Å²) in [7, 11) is 0. The van der Waals surface area contributed by atoms with Gasteiger partial charge < -0.3 is 4.74 Å². The maximum absolute atomic E-state index is 11.7. The van der Waals surface area contributed by atoms with Gasteiger partial charge in [-0.3, -0.25) is 9.78 Å². The van der Waals surface area contributed by atoms with E-state index in [0.717, 1.165) is 11.3 Å². The number of esters is 1. The third-order valence-electron chi connectivity index (χ3n) is 2.41. The zero-order valence-corrected chi connectivity index (χ0v) is 10.6. The van der Waals surface area contributed by atoms with Crippen LogP contribution in [0.1, 0.15) is 11.3 Å². The second-order valence-corrected chi connectivity index (χ2v) is 4.28. The van der Waals surface area contributed by atoms with Gasteiger partial charge in [-0.15, -0.1) is 0 Å². The Hall–Kier alpha value is -1.87. The first kappa shape index (κ1) is 12.6. The molecular weight excluding hydrogens is 250 g/mol. The maximum Gasteiger partial charge on any atom is 0.315 e. The standard InChI is InChI=1S/C14H12ClNO2/c1-10-13(15)7-11(9-16-10)8-14(17)18-12-5-3-2-4-6-12/h2-7,9H,8H2,1H3. The Labute approximate surface area is 110 Å². The van der Waals surface area contributed by atoms with Crippen molar-refractivity contribution in [3.8, 4) is 5.75 Å². The van der Waals surface area contributed by atoms with Gasteiger partial charge in [0.2, 0.25) is 0 Å². The van der Waals surface area contributed by atoms with E-state index in [1.807, 2.05) is 25.1 Å². The van der Waals surface area contributed by atoms with Crippen LogP contribution in [0, 0.1) is 6.92 Å². The number of aromatic nitrogens is 1. The second kappa shape index (κ2) is 5.65. The molecule has 0 fully saturated rings. The van der Waals surface area contributed by atoms with Crippen molar-refractivity contribution in [2.45, 2.75) is 13.3 Å². The number of hydrogen-bond acceptors (Lipinski definition) is 3. The monoisotopic (exact) mass is 261 g/mol. The van der Waals surface area contributed by atoms with Crippen molar-refractivity contribution in [3.05, 3.63) is 58.9 Å². The largest absolute Gasteiger partial charge is 0.426 e. The summed E-state index contributed by atoms with van der Waals surface area (Å²) in [6, 6.07) is 10.7. The van der Waals surface area contributed by atoms with Gasteiger partial charge in [-0.05, 0) is 30.7 Å². The van der Waals surface area contributed by atoms with Gasteiger partial charge in [-0.25, -0.2) is 0 Å². The minimum atomic E-state index is -0.331. The summed E-state index contributed by atoms with van der Waals surface area (Å²) in [5, 5.41) is 0.556. The van der Waals surface area contributed by atoms with Crippen LogP contribution in [-0.4, -0.2) is 11.0 Å². The van der Waals surface area contributed by atoms with Gasteiger partial charge in [0.25, 0.3) is 0 Å². The van der Waals surface area contributed by atoms with E-state index >= 15 is 0 Å². The molecule has 0 aliphatic carbocycles. The Morgan fingerprint density at radius 3 is 2.72 bits per heavy atom. The molecule has 0 amide bonds. The highest BCUT2D eigenvalue weighted by atomic mass is 35.5. The van der Waals surface area contributed by atoms with Crippen LogP contribution >= 0.6 is 11.6 Å². The predicted molar refractivity (Wildman–Crippen MR) is 69.8 cm³/mol. The lowest BCUT2D eigenvalue weighted by atomic mass is 10.2. The molecule has 0 unspecified atom stereocenters. The van der Waals surface area contributed by atoms with Crippen molar-refractivity contribution in [2.24, 2.45) is 0 Å². The molecule has 2 rings (SSSR count). The zero-order valence-electron chi connectivity index (χ0n) is 9.89. The normalized spacial score (nSPS) is 10.1. The summed E-state index contributed by atoms with van der Waals surface area (Å²) < 4.78 is 5.18. The van der Waals surface area contributed by atoms with Gasteiger partial charge in [0.1, 0.15) is 5.75 Å². The molecule has 1 aromatic carbocycles. The smallest absolute Gasteiger partial charge is 0.315 e. The van der Waals surface area contributed by atoms with E-state index in [9.17, 15) is 4.79 Å². The first-order valence-electron chi connectivity index (χ1n) is 5.52. The third kappa shape index (κ3) is 3.31. The van der Waals surface area contributed by atoms with E-state index in [1.54, 1.807) is 24.4 Å². The predicted octanol–water partition coefficient (Wildman–Crippen LogP) is 3.19. The number of hydrogen-bond donors (Lipinski definition) is 0. The first-order valence-corrected chi connectivity index (χ1v) is 5.89. The van der Waals surface area contributed by atoms with Gasteiger partial charge in [-0.2, -0.15) is 0 Å². The Bertz CT molecular complexity index is 555. The van der Waals surface area contributed by atoms with Gasteiger partial charge in [-0.1, -0.05) is 29.8 Å². The molecule has 3 nitrogen and oxygen atoms in total. The highest BCUT2D eigenvalue weighted by Gasteiger charge is 2.08. The Morgan fingerprint density at radius 2 is 2.06 bits per heavy atom. The molecule has 0 bridgehead atoms. The highest BCUT2D eigenvalue weighted by molar-refractivity contribution is 6.31. The molecule has 0 aliphatic rings. The zero-order chi connectivity index (χ0) is 13.0. The second-order valence-electron chi connectivity index (χ2n) is 3.87. The summed E-state index contributed by atoms with van der Waals surface area (Å²) in [5.41, 5.74) is 1.49. The van der Waals surface area contributed by atoms with E-state index in [1.165, 1.54) is 0 Å². The van der Waals surface area contributed by atoms with Gasteiger partial charge >= 0.3 is 5.97 Å². The van der Waals surface area contributed by atoms with E-state index < -0.39 is 0 Å². The summed E-state index contributed by atoms with van der Waals surface area (Å²) in [5.74, 6) is 0.205. The molecular formula is C14H12ClNO2. The first-order chi connectivity index (χ1) is 8.65. The molecule has 0 N–H and O–H groups in total. The summed E-state index contributed by atoms with van der Waals surface area (Å²) >= 11 is 5.94. The number of para-hydroxylation sites is 1. The fourth-order valence-electron chi connectivity index (χ4n) is 1.47. The quantitative estimate of drug-likeness (QED) is 0.629. The molecule has 0 saturated carbocycles. The van der Waals surface area contributed by atoms with Crippen molar-refractivity contribution in [1.82, 2.24) is 4.98 Å². The highest BCUT2D eigenvalue weighted by Crippen LogP contribution is 2.15. The minimum absolute atomic E-state index is 0.155. The summed E-state index contributed by atoms with van der Waals surface area (Å²) in [6.45, 7) is 1.81. The fraction of sp³-hybridized carbons (Fsp3) is 0.143. The molecule has 18 heavy (non-hydrogen) atoms. The molecule has 0 atom stereocenters. The van der Waals surface area contributed by atoms with Crippen LogP contribution in [0.5, 0.6) is 5.75 Å². The van der Waals surface area contributed by atoms with E-state index in [-0.39, 0.29) is 12.4 Å². The lowest BCUT2D eigenvalue weighted by Crippen LogP contribution is -2.11. The molecule has 0 radical (unpaired) electrons. The average Bonchev–Trinajstić information content (AvgIpc) is 2.35. The molecule has 1 aromatic heterocycles. The number of carbonyl (C=O) groups is 1. The summed E-state index contributed by atoms with van der Waals surface area (Å²) in [6.07, 6.45) is 1.79. The molecule has 1 heterocycles. The van der Waals surface area contributed by atoms with Crippen molar-refractivity contribution < 1.29 is 9.53 Å².